The van der Waals surface area contributed by atoms with E-state index in [0.29, 0.717) is 10.8 Å². The van der Waals surface area contributed by atoms with Crippen LogP contribution in [0, 0.1) is 6.92 Å². The maximum Gasteiger partial charge on any atom is 0.262 e. The number of aromatic amines is 1. The van der Waals surface area contributed by atoms with Crippen LogP contribution >= 0.6 is 11.3 Å². The Bertz CT molecular complexity index is 929. The minimum absolute atomic E-state index is 0.423. The molecule has 3 aromatic heterocycles. The summed E-state index contributed by atoms with van der Waals surface area (Å²) in [6, 6.07) is 0. The van der Waals surface area contributed by atoms with Crippen molar-refractivity contribution >= 4 is 17.4 Å². The van der Waals surface area contributed by atoms with Crippen LogP contribution in [0.3, 0.4) is 0 Å². The van der Waals surface area contributed by atoms with Crippen LogP contribution in [0.1, 0.15) is 38.4 Å². The first-order chi connectivity index (χ1) is 13.3. The lowest BCUT2D eigenvalue weighted by atomic mass is 10.1. The molecule has 0 aliphatic heterocycles. The molecule has 0 fully saturated rings. The van der Waals surface area contributed by atoms with E-state index < -0.39 is 12.5 Å². The third kappa shape index (κ3) is 5.48. The summed E-state index contributed by atoms with van der Waals surface area (Å²) in [4.78, 5) is 12.0. The fourth-order valence-electron chi connectivity index (χ4n) is 2.56. The molecule has 3 heterocycles. The van der Waals surface area contributed by atoms with E-state index in [2.05, 4.69) is 35.4 Å². The van der Waals surface area contributed by atoms with Crippen molar-refractivity contribution in [1.29, 1.82) is 0 Å². The van der Waals surface area contributed by atoms with Gasteiger partial charge in [-0.25, -0.2) is 18.7 Å². The van der Waals surface area contributed by atoms with Crippen molar-refractivity contribution in [2.45, 2.75) is 46.6 Å². The lowest BCUT2D eigenvalue weighted by Crippen LogP contribution is -2.19. The van der Waals surface area contributed by atoms with Crippen molar-refractivity contribution in [2.24, 2.45) is 0 Å². The minimum Gasteiger partial charge on any atom is -0.364 e. The smallest absolute Gasteiger partial charge is 0.262 e. The molecule has 0 unspecified atom stereocenters. The highest BCUT2D eigenvalue weighted by atomic mass is 32.1. The number of aromatic nitrogens is 4. The van der Waals surface area contributed by atoms with Gasteiger partial charge in [-0.3, -0.25) is 0 Å². The van der Waals surface area contributed by atoms with Gasteiger partial charge in [0.05, 0.1) is 12.2 Å². The largest absolute Gasteiger partial charge is 0.364 e. The van der Waals surface area contributed by atoms with Gasteiger partial charge in [-0.05, 0) is 6.92 Å². The maximum atomic E-state index is 13.3. The summed E-state index contributed by atoms with van der Waals surface area (Å²) < 4.78 is 28.1. The summed E-state index contributed by atoms with van der Waals surface area (Å²) in [5.74, 6) is -2.36. The van der Waals surface area contributed by atoms with E-state index in [1.165, 1.54) is 28.5 Å². The van der Waals surface area contributed by atoms with Crippen LogP contribution in [-0.2, 0) is 6.54 Å². The van der Waals surface area contributed by atoms with Crippen LogP contribution < -0.4 is 0 Å². The summed E-state index contributed by atoms with van der Waals surface area (Å²) in [6.45, 7) is 10.4. The van der Waals surface area contributed by atoms with Crippen LogP contribution in [0.4, 0.5) is 8.78 Å². The van der Waals surface area contributed by atoms with E-state index in [9.17, 15) is 8.78 Å². The summed E-state index contributed by atoms with van der Waals surface area (Å²) in [5.41, 5.74) is 3.79. The monoisotopic (exact) mass is 404 g/mol. The third-order valence-corrected chi connectivity index (χ3v) is 4.50. The number of thiazole rings is 1. The molecule has 0 spiro atoms. The van der Waals surface area contributed by atoms with Crippen LogP contribution in [0.25, 0.3) is 28.2 Å². The molecule has 0 radical (unpaired) electrons. The topological polar surface area (TPSA) is 46.5 Å². The number of nitrogens with zero attached hydrogens (tertiary/aromatic N) is 3. The summed E-state index contributed by atoms with van der Waals surface area (Å²) >= 11 is 1.39. The molecule has 3 rings (SSSR count). The molecule has 4 nitrogen and oxygen atoms in total. The molecule has 7 heteroatoms. The standard InChI is InChI=1S/C18H18F2N4S.C3H8/c1-4-5-6-13-12(2)22-9-14(13)15-10-25-17(23-15)16-21-7-8-24(16)11-18(3,19)20;1-3-2/h4-10,22H,1,11H2,2-3H3;3H2,1-2H3/b6-5-;. The second-order valence-electron chi connectivity index (χ2n) is 6.53. The first-order valence-electron chi connectivity index (χ1n) is 9.13. The second-order valence-corrected chi connectivity index (χ2v) is 7.39. The first kappa shape index (κ1) is 21.8. The summed E-state index contributed by atoms with van der Waals surface area (Å²) in [7, 11) is 0. The highest BCUT2D eigenvalue weighted by Gasteiger charge is 2.24. The Morgan fingerprint density at radius 2 is 2.07 bits per heavy atom. The Morgan fingerprint density at radius 1 is 1.36 bits per heavy atom. The van der Waals surface area contributed by atoms with Gasteiger partial charge in [-0.2, -0.15) is 0 Å². The zero-order valence-corrected chi connectivity index (χ0v) is 17.5. The number of rotatable bonds is 6. The molecule has 1 N–H and O–H groups in total. The Morgan fingerprint density at radius 3 is 2.71 bits per heavy atom. The highest BCUT2D eigenvalue weighted by molar-refractivity contribution is 7.13. The maximum absolute atomic E-state index is 13.3. The number of alkyl halides is 2. The summed E-state index contributed by atoms with van der Waals surface area (Å²) in [6.07, 6.45) is 11.7. The number of halogens is 2. The Hall–Kier alpha value is -2.54. The van der Waals surface area contributed by atoms with Gasteiger partial charge in [-0.15, -0.1) is 11.3 Å². The SMILES string of the molecule is C=C/C=C\c1c(-c2csc(-c3nccn3CC(C)(F)F)n2)c[nH]c1C.CCC. The normalized spacial score (nSPS) is 11.5. The fourth-order valence-corrected chi connectivity index (χ4v) is 3.39. The molecule has 0 saturated carbocycles. The van der Waals surface area contributed by atoms with E-state index in [-0.39, 0.29) is 0 Å². The molecule has 0 atom stereocenters. The zero-order valence-electron chi connectivity index (χ0n) is 16.7. The van der Waals surface area contributed by atoms with Crippen molar-refractivity contribution in [2.75, 3.05) is 0 Å². The summed E-state index contributed by atoms with van der Waals surface area (Å²) in [5, 5.41) is 2.52. The Labute approximate surface area is 168 Å². The van der Waals surface area contributed by atoms with Gasteiger partial charge < -0.3 is 9.55 Å². The molecule has 0 amide bonds. The number of nitrogens with one attached hydrogen (secondary N) is 1. The number of H-pyrrole nitrogens is 1. The van der Waals surface area contributed by atoms with E-state index >= 15 is 0 Å². The molecule has 150 valence electrons. The van der Waals surface area contributed by atoms with Crippen LogP contribution in [-0.4, -0.2) is 25.4 Å². The Kier molecular flexibility index (Phi) is 7.45. The van der Waals surface area contributed by atoms with Gasteiger partial charge in [0, 0.05) is 47.7 Å². The average Bonchev–Trinajstić information content (AvgIpc) is 3.32. The lowest BCUT2D eigenvalue weighted by Gasteiger charge is -2.12. The molecule has 28 heavy (non-hydrogen) atoms. The molecule has 0 aromatic carbocycles. The lowest BCUT2D eigenvalue weighted by molar-refractivity contribution is 0.00433. The molecular weight excluding hydrogens is 378 g/mol. The average molecular weight is 405 g/mol. The van der Waals surface area contributed by atoms with E-state index in [0.717, 1.165) is 29.4 Å². The number of aryl methyl sites for hydroxylation is 1. The van der Waals surface area contributed by atoms with Crippen molar-refractivity contribution in [1.82, 2.24) is 19.5 Å². The quantitative estimate of drug-likeness (QED) is 0.472. The predicted molar refractivity (Wildman–Crippen MR) is 114 cm³/mol. The number of hydrogen-bond acceptors (Lipinski definition) is 3. The number of hydrogen-bond donors (Lipinski definition) is 1. The van der Waals surface area contributed by atoms with E-state index in [1.807, 2.05) is 30.7 Å². The van der Waals surface area contributed by atoms with Crippen LogP contribution in [0.2, 0.25) is 0 Å². The number of imidazole rings is 1. The van der Waals surface area contributed by atoms with Crippen molar-refractivity contribution in [3.05, 3.63) is 54.0 Å². The molecule has 3 aromatic rings. The fraction of sp³-hybridized carbons (Fsp3) is 0.333. The number of allylic oxidation sites excluding steroid dienone is 2. The van der Waals surface area contributed by atoms with Crippen LogP contribution in [0.15, 0.2) is 42.7 Å². The second kappa shape index (κ2) is 9.59. The predicted octanol–water partition coefficient (Wildman–Crippen LogP) is 6.58. The molecule has 0 aliphatic carbocycles. The van der Waals surface area contributed by atoms with Crippen molar-refractivity contribution in [3.8, 4) is 22.1 Å². The van der Waals surface area contributed by atoms with Crippen LogP contribution in [0.5, 0.6) is 0 Å². The molecular formula is C21H26F2N4S. The first-order valence-corrected chi connectivity index (χ1v) is 10.0. The molecule has 0 saturated heterocycles. The van der Waals surface area contributed by atoms with Gasteiger partial charge in [0.2, 0.25) is 0 Å². The van der Waals surface area contributed by atoms with Crippen molar-refractivity contribution in [3.63, 3.8) is 0 Å². The minimum atomic E-state index is -2.81. The van der Waals surface area contributed by atoms with Gasteiger partial charge >= 0.3 is 0 Å². The Balaban J connectivity index is 0.000000878. The highest BCUT2D eigenvalue weighted by Crippen LogP contribution is 2.32. The molecule has 0 aliphatic rings. The zero-order chi connectivity index (χ0) is 20.7. The van der Waals surface area contributed by atoms with Gasteiger partial charge in [-0.1, -0.05) is 45.1 Å². The molecule has 0 bridgehead atoms. The van der Waals surface area contributed by atoms with E-state index in [4.69, 9.17) is 0 Å². The van der Waals surface area contributed by atoms with E-state index in [1.54, 1.807) is 12.3 Å². The van der Waals surface area contributed by atoms with Crippen molar-refractivity contribution < 1.29 is 8.78 Å². The van der Waals surface area contributed by atoms with Gasteiger partial charge in [0.1, 0.15) is 0 Å². The van der Waals surface area contributed by atoms with Gasteiger partial charge in [0.15, 0.2) is 10.8 Å². The van der Waals surface area contributed by atoms with Gasteiger partial charge in [0.25, 0.3) is 5.92 Å². The third-order valence-electron chi connectivity index (χ3n) is 3.66.